The average Bonchev–Trinajstić information content (AvgIpc) is 2.84. The van der Waals surface area contributed by atoms with Crippen LogP contribution >= 0.6 is 0 Å². The minimum Gasteiger partial charge on any atom is -0.489 e. The first-order valence-corrected chi connectivity index (χ1v) is 10.6. The molecule has 0 saturated carbocycles. The molecule has 0 spiro atoms. The van der Waals surface area contributed by atoms with E-state index in [9.17, 15) is 9.59 Å². The zero-order valence-electron chi connectivity index (χ0n) is 18.9. The van der Waals surface area contributed by atoms with Gasteiger partial charge < -0.3 is 18.9 Å². The minimum atomic E-state index is -0.734. The average molecular weight is 450 g/mol. The van der Waals surface area contributed by atoms with Crippen molar-refractivity contribution in [2.75, 3.05) is 12.4 Å². The predicted molar refractivity (Wildman–Crippen MR) is 125 cm³/mol. The molecule has 0 radical (unpaired) electrons. The smallest absolute Gasteiger partial charge is 0.417 e. The number of carbonyl (C=O) groups is 2. The lowest BCUT2D eigenvalue weighted by molar-refractivity contribution is -0.147. The van der Waals surface area contributed by atoms with Crippen LogP contribution in [0.5, 0.6) is 17.2 Å². The Bertz CT molecular complexity index is 1070. The second kappa shape index (κ2) is 11.6. The van der Waals surface area contributed by atoms with Crippen molar-refractivity contribution in [2.45, 2.75) is 33.0 Å². The Morgan fingerprint density at radius 1 is 0.939 bits per heavy atom. The molecule has 3 aromatic carbocycles. The van der Waals surface area contributed by atoms with Crippen LogP contribution in [0.2, 0.25) is 0 Å². The number of aryl methyl sites for hydroxylation is 1. The second-order valence-electron chi connectivity index (χ2n) is 7.22. The number of nitrogens with one attached hydrogen (secondary N) is 1. The molecular weight excluding hydrogens is 422 g/mol. The van der Waals surface area contributed by atoms with E-state index in [0.29, 0.717) is 22.9 Å². The maximum Gasteiger partial charge on any atom is 0.417 e. The number of rotatable bonds is 9. The van der Waals surface area contributed by atoms with Crippen molar-refractivity contribution < 1.29 is 28.5 Å². The Morgan fingerprint density at radius 3 is 2.33 bits per heavy atom. The molecule has 0 heterocycles. The maximum atomic E-state index is 12.0. The summed E-state index contributed by atoms with van der Waals surface area (Å²) in [7, 11) is 1.33. The molecule has 1 amide bonds. The molecule has 0 aliphatic rings. The van der Waals surface area contributed by atoms with Crippen LogP contribution in [0, 0.1) is 0 Å². The van der Waals surface area contributed by atoms with Crippen LogP contribution in [-0.2, 0) is 22.6 Å². The van der Waals surface area contributed by atoms with Crippen LogP contribution in [0.3, 0.4) is 0 Å². The molecule has 0 aliphatic carbocycles. The number of esters is 1. The van der Waals surface area contributed by atoms with Gasteiger partial charge in [-0.05, 0) is 61.4 Å². The summed E-state index contributed by atoms with van der Waals surface area (Å²) in [4.78, 5) is 23.8. The Balaban J connectivity index is 1.60. The SMILES string of the molecule is CCc1ccc(COc2ccc(NC(=O)Oc3ccccc3)cc2)c(OC(C)C(=O)OC)c1. The van der Waals surface area contributed by atoms with E-state index >= 15 is 0 Å². The fourth-order valence-corrected chi connectivity index (χ4v) is 2.99. The molecular formula is C26H27NO6. The Hall–Kier alpha value is -4.00. The van der Waals surface area contributed by atoms with Crippen LogP contribution in [0.15, 0.2) is 72.8 Å². The highest BCUT2D eigenvalue weighted by Crippen LogP contribution is 2.25. The van der Waals surface area contributed by atoms with Gasteiger partial charge in [0.2, 0.25) is 0 Å². The molecule has 0 saturated heterocycles. The predicted octanol–water partition coefficient (Wildman–Crippen LogP) is 5.38. The number of ether oxygens (including phenoxy) is 4. The first-order valence-electron chi connectivity index (χ1n) is 10.6. The molecule has 1 N–H and O–H groups in total. The summed E-state index contributed by atoms with van der Waals surface area (Å²) < 4.78 is 21.7. The summed E-state index contributed by atoms with van der Waals surface area (Å²) in [6.45, 7) is 3.93. The molecule has 7 heteroatoms. The van der Waals surface area contributed by atoms with Gasteiger partial charge in [-0.25, -0.2) is 9.59 Å². The maximum absolute atomic E-state index is 12.0. The van der Waals surface area contributed by atoms with E-state index in [1.165, 1.54) is 7.11 Å². The van der Waals surface area contributed by atoms with Gasteiger partial charge in [0.1, 0.15) is 23.9 Å². The molecule has 3 rings (SSSR count). The number of hydrogen-bond acceptors (Lipinski definition) is 6. The highest BCUT2D eigenvalue weighted by atomic mass is 16.6. The lowest BCUT2D eigenvalue weighted by Crippen LogP contribution is -2.25. The zero-order valence-corrected chi connectivity index (χ0v) is 18.9. The van der Waals surface area contributed by atoms with Crippen LogP contribution < -0.4 is 19.5 Å². The molecule has 0 fully saturated rings. The van der Waals surface area contributed by atoms with Crippen LogP contribution in [-0.4, -0.2) is 25.3 Å². The summed E-state index contributed by atoms with van der Waals surface area (Å²) in [6, 6.07) is 21.6. The quantitative estimate of drug-likeness (QED) is 0.442. The largest absolute Gasteiger partial charge is 0.489 e. The van der Waals surface area contributed by atoms with Crippen molar-refractivity contribution in [1.82, 2.24) is 0 Å². The number of para-hydroxylation sites is 1. The van der Waals surface area contributed by atoms with E-state index in [1.807, 2.05) is 31.2 Å². The molecule has 1 unspecified atom stereocenters. The van der Waals surface area contributed by atoms with Gasteiger partial charge >= 0.3 is 12.1 Å². The second-order valence-corrected chi connectivity index (χ2v) is 7.22. The summed E-state index contributed by atoms with van der Waals surface area (Å²) >= 11 is 0. The number of amides is 1. The van der Waals surface area contributed by atoms with Gasteiger partial charge in [-0.2, -0.15) is 0 Å². The van der Waals surface area contributed by atoms with Gasteiger partial charge in [0, 0.05) is 11.3 Å². The number of anilines is 1. The van der Waals surface area contributed by atoms with Crippen molar-refractivity contribution >= 4 is 17.7 Å². The Morgan fingerprint density at radius 2 is 1.67 bits per heavy atom. The van der Waals surface area contributed by atoms with E-state index in [2.05, 4.69) is 5.32 Å². The van der Waals surface area contributed by atoms with Crippen molar-refractivity contribution in [2.24, 2.45) is 0 Å². The van der Waals surface area contributed by atoms with Gasteiger partial charge in [-0.15, -0.1) is 0 Å². The Kier molecular flexibility index (Phi) is 8.30. The molecule has 0 aliphatic heterocycles. The van der Waals surface area contributed by atoms with Gasteiger partial charge in [-0.3, -0.25) is 5.32 Å². The summed E-state index contributed by atoms with van der Waals surface area (Å²) in [6.07, 6.45) is -0.472. The highest BCUT2D eigenvalue weighted by Gasteiger charge is 2.17. The van der Waals surface area contributed by atoms with E-state index in [-0.39, 0.29) is 6.61 Å². The fraction of sp³-hybridized carbons (Fsp3) is 0.231. The lowest BCUT2D eigenvalue weighted by Gasteiger charge is -2.17. The van der Waals surface area contributed by atoms with Crippen LogP contribution in [0.1, 0.15) is 25.0 Å². The van der Waals surface area contributed by atoms with E-state index in [1.54, 1.807) is 55.5 Å². The third kappa shape index (κ3) is 7.00. The monoisotopic (exact) mass is 449 g/mol. The third-order valence-electron chi connectivity index (χ3n) is 4.83. The molecule has 7 nitrogen and oxygen atoms in total. The summed E-state index contributed by atoms with van der Waals surface area (Å²) in [5.41, 5.74) is 2.46. The number of hydrogen-bond donors (Lipinski definition) is 1. The zero-order chi connectivity index (χ0) is 23.6. The standard InChI is InChI=1S/C26H27NO6/c1-4-19-10-11-20(24(16-19)32-18(2)25(28)30-3)17-31-22-14-12-21(13-15-22)27-26(29)33-23-8-6-5-7-9-23/h5-16,18H,4,17H2,1-3H3,(H,27,29). The first kappa shape index (κ1) is 23.7. The molecule has 1 atom stereocenters. The van der Waals surface area contributed by atoms with Crippen LogP contribution in [0.25, 0.3) is 0 Å². The number of carbonyl (C=O) groups excluding carboxylic acids is 2. The molecule has 172 valence electrons. The van der Waals surface area contributed by atoms with Gasteiger partial charge in [0.25, 0.3) is 0 Å². The van der Waals surface area contributed by atoms with Crippen molar-refractivity contribution in [3.8, 4) is 17.2 Å². The fourth-order valence-electron chi connectivity index (χ4n) is 2.99. The number of benzene rings is 3. The van der Waals surface area contributed by atoms with Gasteiger partial charge in [-0.1, -0.05) is 37.3 Å². The van der Waals surface area contributed by atoms with Crippen molar-refractivity contribution in [1.29, 1.82) is 0 Å². The molecule has 33 heavy (non-hydrogen) atoms. The van der Waals surface area contributed by atoms with Crippen molar-refractivity contribution in [3.63, 3.8) is 0 Å². The topological polar surface area (TPSA) is 83.1 Å². The summed E-state index contributed by atoms with van der Waals surface area (Å²) in [5.74, 6) is 1.21. The minimum absolute atomic E-state index is 0.246. The summed E-state index contributed by atoms with van der Waals surface area (Å²) in [5, 5.41) is 2.67. The van der Waals surface area contributed by atoms with Gasteiger partial charge in [0.15, 0.2) is 6.10 Å². The van der Waals surface area contributed by atoms with Crippen LogP contribution in [0.4, 0.5) is 10.5 Å². The third-order valence-corrected chi connectivity index (χ3v) is 4.83. The molecule has 0 aromatic heterocycles. The van der Waals surface area contributed by atoms with Gasteiger partial charge in [0.05, 0.1) is 7.11 Å². The molecule has 0 bridgehead atoms. The molecule has 3 aromatic rings. The Labute approximate surface area is 193 Å². The van der Waals surface area contributed by atoms with Crippen molar-refractivity contribution in [3.05, 3.63) is 83.9 Å². The lowest BCUT2D eigenvalue weighted by atomic mass is 10.1. The highest BCUT2D eigenvalue weighted by molar-refractivity contribution is 5.86. The van der Waals surface area contributed by atoms with E-state index in [0.717, 1.165) is 17.5 Å². The number of methoxy groups -OCH3 is 1. The normalized spacial score (nSPS) is 11.2. The van der Waals surface area contributed by atoms with E-state index < -0.39 is 18.2 Å². The first-order chi connectivity index (χ1) is 16.0. The van der Waals surface area contributed by atoms with E-state index in [4.69, 9.17) is 18.9 Å².